The van der Waals surface area contributed by atoms with E-state index in [9.17, 15) is 9.59 Å². The summed E-state index contributed by atoms with van der Waals surface area (Å²) in [4.78, 5) is 27.4. The molecule has 1 N–H and O–H groups in total. The third kappa shape index (κ3) is 6.62. The Labute approximate surface area is 194 Å². The number of nitrogens with zero attached hydrogens (tertiary/aromatic N) is 1. The number of halogens is 2. The van der Waals surface area contributed by atoms with Crippen LogP contribution in [0.15, 0.2) is 30.3 Å². The van der Waals surface area contributed by atoms with Crippen LogP contribution in [0.25, 0.3) is 0 Å². The van der Waals surface area contributed by atoms with Crippen LogP contribution in [0.2, 0.25) is 10.0 Å². The minimum Gasteiger partial charge on any atom is -0.483 e. The van der Waals surface area contributed by atoms with Crippen molar-refractivity contribution in [1.82, 2.24) is 10.2 Å². The van der Waals surface area contributed by atoms with Crippen LogP contribution in [0.3, 0.4) is 0 Å². The lowest BCUT2D eigenvalue weighted by atomic mass is 10.1. The number of aryl methyl sites for hydroxylation is 2. The van der Waals surface area contributed by atoms with Gasteiger partial charge < -0.3 is 15.0 Å². The largest absolute Gasteiger partial charge is 0.483 e. The number of likely N-dealkylation sites (N-methyl/N-ethyl adjacent to an activating group) is 1. The van der Waals surface area contributed by atoms with E-state index in [1.54, 1.807) is 18.2 Å². The summed E-state index contributed by atoms with van der Waals surface area (Å²) in [7, 11) is 0. The fourth-order valence-corrected chi connectivity index (χ4v) is 3.89. The van der Waals surface area contributed by atoms with Crippen LogP contribution in [0.1, 0.15) is 42.5 Å². The molecule has 0 bridgehead atoms. The molecule has 31 heavy (non-hydrogen) atoms. The number of carbonyl (C=O) groups is 2. The van der Waals surface area contributed by atoms with Gasteiger partial charge in [0.15, 0.2) is 6.61 Å². The maximum absolute atomic E-state index is 13.2. The highest BCUT2D eigenvalue weighted by atomic mass is 35.5. The summed E-state index contributed by atoms with van der Waals surface area (Å²) in [6, 6.07) is 8.46. The van der Waals surface area contributed by atoms with Gasteiger partial charge in [0, 0.05) is 23.1 Å². The molecule has 2 amide bonds. The van der Waals surface area contributed by atoms with Crippen LogP contribution < -0.4 is 10.1 Å². The Kier molecular flexibility index (Phi) is 9.20. The number of ether oxygens (including phenoxy) is 1. The minimum absolute atomic E-state index is 0.176. The number of rotatable bonds is 9. The fraction of sp³-hybridized carbons (Fsp3) is 0.417. The monoisotopic (exact) mass is 464 g/mol. The zero-order valence-electron chi connectivity index (χ0n) is 18.7. The molecule has 2 aromatic carbocycles. The summed E-state index contributed by atoms with van der Waals surface area (Å²) in [5.41, 5.74) is 3.86. The second-order valence-corrected chi connectivity index (χ2v) is 8.41. The zero-order chi connectivity index (χ0) is 23.1. The second kappa shape index (κ2) is 11.4. The summed E-state index contributed by atoms with van der Waals surface area (Å²) in [6.45, 7) is 10.2. The number of hydrogen-bond acceptors (Lipinski definition) is 3. The van der Waals surface area contributed by atoms with Crippen molar-refractivity contribution in [1.29, 1.82) is 0 Å². The topological polar surface area (TPSA) is 58.6 Å². The van der Waals surface area contributed by atoms with Gasteiger partial charge in [-0.1, -0.05) is 42.3 Å². The van der Waals surface area contributed by atoms with Crippen molar-refractivity contribution in [3.05, 3.63) is 62.6 Å². The number of benzene rings is 2. The van der Waals surface area contributed by atoms with Gasteiger partial charge in [-0.25, -0.2) is 0 Å². The quantitative estimate of drug-likeness (QED) is 0.551. The lowest BCUT2D eigenvalue weighted by Crippen LogP contribution is -2.50. The highest BCUT2D eigenvalue weighted by Gasteiger charge is 2.29. The molecular weight excluding hydrogens is 435 g/mol. The van der Waals surface area contributed by atoms with Crippen LogP contribution in [-0.4, -0.2) is 35.9 Å². The maximum atomic E-state index is 13.2. The van der Waals surface area contributed by atoms with Crippen LogP contribution in [0.4, 0.5) is 0 Å². The highest BCUT2D eigenvalue weighted by Crippen LogP contribution is 2.25. The maximum Gasteiger partial charge on any atom is 0.261 e. The zero-order valence-corrected chi connectivity index (χ0v) is 20.2. The summed E-state index contributed by atoms with van der Waals surface area (Å²) in [5, 5.41) is 3.77. The number of amides is 2. The number of carbonyl (C=O) groups excluding carboxylic acids is 2. The van der Waals surface area contributed by atoms with Crippen molar-refractivity contribution in [2.24, 2.45) is 0 Å². The average molecular weight is 465 g/mol. The van der Waals surface area contributed by atoms with Crippen molar-refractivity contribution in [2.75, 3.05) is 13.2 Å². The molecular formula is C24H30Cl2N2O3. The van der Waals surface area contributed by atoms with Gasteiger partial charge in [0.2, 0.25) is 5.91 Å². The molecule has 0 aliphatic rings. The Bertz CT molecular complexity index is 947. The van der Waals surface area contributed by atoms with Crippen molar-refractivity contribution in [2.45, 2.75) is 53.6 Å². The lowest BCUT2D eigenvalue weighted by Gasteiger charge is -2.31. The van der Waals surface area contributed by atoms with Gasteiger partial charge in [-0.05, 0) is 74.6 Å². The minimum atomic E-state index is -0.636. The predicted octanol–water partition coefficient (Wildman–Crippen LogP) is 5.24. The van der Waals surface area contributed by atoms with E-state index in [1.807, 2.05) is 40.7 Å². The van der Waals surface area contributed by atoms with E-state index in [1.165, 1.54) is 4.90 Å². The normalized spacial score (nSPS) is 11.7. The van der Waals surface area contributed by atoms with Gasteiger partial charge in [-0.3, -0.25) is 9.59 Å². The van der Waals surface area contributed by atoms with E-state index in [0.29, 0.717) is 34.3 Å². The molecule has 2 aromatic rings. The summed E-state index contributed by atoms with van der Waals surface area (Å²) in [5.74, 6) is 0.176. The molecule has 168 valence electrons. The van der Waals surface area contributed by atoms with Gasteiger partial charge in [-0.2, -0.15) is 0 Å². The Hall–Kier alpha value is -2.24. The first-order valence-electron chi connectivity index (χ1n) is 10.4. The Balaban J connectivity index is 2.29. The van der Waals surface area contributed by atoms with E-state index in [4.69, 9.17) is 27.9 Å². The van der Waals surface area contributed by atoms with Gasteiger partial charge in [0.1, 0.15) is 11.8 Å². The van der Waals surface area contributed by atoms with Gasteiger partial charge in [0.05, 0.1) is 0 Å². The first-order chi connectivity index (χ1) is 14.7. The van der Waals surface area contributed by atoms with Crippen molar-refractivity contribution in [3.63, 3.8) is 0 Å². The molecule has 5 nitrogen and oxygen atoms in total. The average Bonchev–Trinajstić information content (AvgIpc) is 2.71. The molecule has 7 heteroatoms. The Morgan fingerprint density at radius 1 is 1.10 bits per heavy atom. The van der Waals surface area contributed by atoms with Crippen molar-refractivity contribution >= 4 is 35.0 Å². The molecule has 2 rings (SSSR count). The molecule has 1 unspecified atom stereocenters. The molecule has 1 atom stereocenters. The van der Waals surface area contributed by atoms with Crippen molar-refractivity contribution < 1.29 is 14.3 Å². The summed E-state index contributed by atoms with van der Waals surface area (Å²) >= 11 is 12.3. The van der Waals surface area contributed by atoms with E-state index in [2.05, 4.69) is 11.4 Å². The van der Waals surface area contributed by atoms with Crippen LogP contribution in [-0.2, 0) is 16.1 Å². The molecule has 0 saturated carbocycles. The molecule has 0 saturated heterocycles. The Morgan fingerprint density at radius 3 is 2.42 bits per heavy atom. The highest BCUT2D eigenvalue weighted by molar-refractivity contribution is 6.35. The molecule has 0 heterocycles. The standard InChI is InChI=1S/C24H30Cl2N2O3/c1-6-21(24(30)27-7-2)28(13-18-8-9-19(25)12-20(18)26)23(29)14-31-22-11-15(3)10-16(4)17(22)5/h8-12,21H,6-7,13-14H2,1-5H3,(H,27,30). The second-order valence-electron chi connectivity index (χ2n) is 7.57. The number of nitrogens with one attached hydrogen (secondary N) is 1. The van der Waals surface area contributed by atoms with Crippen LogP contribution >= 0.6 is 23.2 Å². The van der Waals surface area contributed by atoms with E-state index < -0.39 is 6.04 Å². The predicted molar refractivity (Wildman–Crippen MR) is 126 cm³/mol. The first-order valence-corrected chi connectivity index (χ1v) is 11.1. The SMILES string of the molecule is CCNC(=O)C(CC)N(Cc1ccc(Cl)cc1Cl)C(=O)COc1cc(C)cc(C)c1C. The molecule has 0 radical (unpaired) electrons. The summed E-state index contributed by atoms with van der Waals surface area (Å²) in [6.07, 6.45) is 0.464. The van der Waals surface area contributed by atoms with Gasteiger partial charge >= 0.3 is 0 Å². The van der Waals surface area contributed by atoms with Crippen LogP contribution in [0, 0.1) is 20.8 Å². The van der Waals surface area contributed by atoms with Gasteiger partial charge in [0.25, 0.3) is 5.91 Å². The Morgan fingerprint density at radius 2 is 1.81 bits per heavy atom. The number of hydrogen-bond donors (Lipinski definition) is 1. The molecule has 0 fully saturated rings. The molecule has 0 spiro atoms. The lowest BCUT2D eigenvalue weighted by molar-refractivity contribution is -0.142. The van der Waals surface area contributed by atoms with Crippen LogP contribution in [0.5, 0.6) is 5.75 Å². The third-order valence-electron chi connectivity index (χ3n) is 5.21. The first kappa shape index (κ1) is 25.0. The molecule has 0 aliphatic heterocycles. The molecule has 0 aliphatic carbocycles. The van der Waals surface area contributed by atoms with Crippen molar-refractivity contribution in [3.8, 4) is 5.75 Å². The van der Waals surface area contributed by atoms with E-state index in [0.717, 1.165) is 16.7 Å². The molecule has 0 aromatic heterocycles. The summed E-state index contributed by atoms with van der Waals surface area (Å²) < 4.78 is 5.89. The fourth-order valence-electron chi connectivity index (χ4n) is 3.42. The van der Waals surface area contributed by atoms with Gasteiger partial charge in [-0.15, -0.1) is 0 Å². The smallest absolute Gasteiger partial charge is 0.261 e. The van der Waals surface area contributed by atoms with E-state index >= 15 is 0 Å². The third-order valence-corrected chi connectivity index (χ3v) is 5.79. The van der Waals surface area contributed by atoms with E-state index in [-0.39, 0.29) is 25.0 Å².